The lowest BCUT2D eigenvalue weighted by Crippen LogP contribution is -2.54. The van der Waals surface area contributed by atoms with Gasteiger partial charge in [-0.15, -0.1) is 11.3 Å². The van der Waals surface area contributed by atoms with Crippen LogP contribution in [0.1, 0.15) is 56.9 Å². The number of nitrogens with zero attached hydrogens (tertiary/aromatic N) is 1. The van der Waals surface area contributed by atoms with Crippen LogP contribution in [0.15, 0.2) is 15.2 Å². The van der Waals surface area contributed by atoms with Gasteiger partial charge in [-0.05, 0) is 83.9 Å². The highest BCUT2D eigenvalue weighted by Crippen LogP contribution is 2.52. The number of halogens is 1. The van der Waals surface area contributed by atoms with Crippen molar-refractivity contribution in [1.82, 2.24) is 4.90 Å². The van der Waals surface area contributed by atoms with Gasteiger partial charge in [0.2, 0.25) is 0 Å². The molecule has 2 fully saturated rings. The summed E-state index contributed by atoms with van der Waals surface area (Å²) in [4.78, 5) is 2.53. The Balaban J connectivity index is 1.66. The number of hydrogen-bond donors (Lipinski definition) is 1. The summed E-state index contributed by atoms with van der Waals surface area (Å²) in [5, 5.41) is 2.26. The lowest BCUT2D eigenvalue weighted by molar-refractivity contribution is 0.0258. The summed E-state index contributed by atoms with van der Waals surface area (Å²) in [5.41, 5.74) is 8.55. The van der Waals surface area contributed by atoms with Crippen molar-refractivity contribution in [2.75, 3.05) is 13.6 Å². The van der Waals surface area contributed by atoms with E-state index in [1.165, 1.54) is 60.7 Å². The topological polar surface area (TPSA) is 29.3 Å². The van der Waals surface area contributed by atoms with Gasteiger partial charge in [-0.1, -0.05) is 12.8 Å². The maximum Gasteiger partial charge on any atom is 0.0701 e. The number of rotatable bonds is 4. The van der Waals surface area contributed by atoms with Gasteiger partial charge >= 0.3 is 0 Å². The molecule has 1 heterocycles. The van der Waals surface area contributed by atoms with Crippen molar-refractivity contribution in [3.63, 3.8) is 0 Å². The molecule has 2 N–H and O–H groups in total. The van der Waals surface area contributed by atoms with E-state index in [9.17, 15) is 0 Å². The highest BCUT2D eigenvalue weighted by Gasteiger charge is 2.45. The Morgan fingerprint density at radius 3 is 2.38 bits per heavy atom. The zero-order valence-corrected chi connectivity index (χ0v) is 15.4. The number of nitrogens with two attached hydrogens (primary N) is 1. The van der Waals surface area contributed by atoms with Crippen LogP contribution in [0.4, 0.5) is 0 Å². The quantitative estimate of drug-likeness (QED) is 0.826. The van der Waals surface area contributed by atoms with E-state index in [2.05, 4.69) is 39.3 Å². The molecule has 0 aromatic carbocycles. The van der Waals surface area contributed by atoms with E-state index >= 15 is 0 Å². The third-order valence-corrected chi connectivity index (χ3v) is 7.69. The lowest BCUT2D eigenvalue weighted by Gasteiger charge is -2.49. The molecule has 2 saturated carbocycles. The van der Waals surface area contributed by atoms with Crippen LogP contribution in [0.5, 0.6) is 0 Å². The van der Waals surface area contributed by atoms with E-state index in [0.717, 1.165) is 13.1 Å². The molecule has 118 valence electrons. The summed E-state index contributed by atoms with van der Waals surface area (Å²) in [7, 11) is 2.27. The largest absolute Gasteiger partial charge is 0.329 e. The van der Waals surface area contributed by atoms with Crippen LogP contribution in [0.25, 0.3) is 0 Å². The Bertz CT molecular complexity index is 469. The van der Waals surface area contributed by atoms with E-state index in [4.69, 9.17) is 5.73 Å². The summed E-state index contributed by atoms with van der Waals surface area (Å²) in [6.07, 6.45) is 11.2. The highest BCUT2D eigenvalue weighted by molar-refractivity contribution is 9.11. The van der Waals surface area contributed by atoms with E-state index < -0.39 is 0 Å². The highest BCUT2D eigenvalue weighted by atomic mass is 79.9. The van der Waals surface area contributed by atoms with Crippen molar-refractivity contribution in [3.8, 4) is 0 Å². The monoisotopic (exact) mass is 370 g/mol. The fraction of sp³-hybridized carbons (Fsp3) is 0.765. The standard InChI is InChI=1S/C17H27BrN2S/c1-20(11-14-10-15(18)21-12-14)17(13-19)8-6-16(7-9-17)4-2-3-5-16/h10,12H,2-9,11,13,19H2,1H3. The summed E-state index contributed by atoms with van der Waals surface area (Å²) in [6.45, 7) is 1.82. The Morgan fingerprint density at radius 2 is 1.86 bits per heavy atom. The van der Waals surface area contributed by atoms with Gasteiger partial charge in [0.15, 0.2) is 0 Å². The second-order valence-electron chi connectivity index (χ2n) is 7.25. The molecular weight excluding hydrogens is 344 g/mol. The van der Waals surface area contributed by atoms with E-state index in [-0.39, 0.29) is 5.54 Å². The second-order valence-corrected chi connectivity index (χ2v) is 9.54. The Labute approximate surface area is 141 Å². The van der Waals surface area contributed by atoms with Crippen LogP contribution >= 0.6 is 27.3 Å². The maximum absolute atomic E-state index is 6.24. The Hall–Kier alpha value is 0.1000. The van der Waals surface area contributed by atoms with Gasteiger partial charge in [-0.2, -0.15) is 0 Å². The molecule has 4 heteroatoms. The number of thiophene rings is 1. The van der Waals surface area contributed by atoms with Crippen LogP contribution in [-0.2, 0) is 6.54 Å². The van der Waals surface area contributed by atoms with Crippen molar-refractivity contribution < 1.29 is 0 Å². The second kappa shape index (κ2) is 6.31. The minimum atomic E-state index is 0.224. The molecule has 2 aliphatic carbocycles. The molecule has 21 heavy (non-hydrogen) atoms. The summed E-state index contributed by atoms with van der Waals surface area (Å²) < 4.78 is 1.22. The van der Waals surface area contributed by atoms with E-state index in [0.29, 0.717) is 5.41 Å². The number of hydrogen-bond acceptors (Lipinski definition) is 3. The van der Waals surface area contributed by atoms with Gasteiger partial charge in [-0.25, -0.2) is 0 Å². The van der Waals surface area contributed by atoms with Crippen molar-refractivity contribution >= 4 is 27.3 Å². The first-order chi connectivity index (χ1) is 10.1. The minimum absolute atomic E-state index is 0.224. The van der Waals surface area contributed by atoms with E-state index in [1.54, 1.807) is 11.3 Å². The fourth-order valence-electron chi connectivity index (χ4n) is 4.48. The molecular formula is C17H27BrN2S. The molecule has 1 aromatic rings. The smallest absolute Gasteiger partial charge is 0.0701 e. The van der Waals surface area contributed by atoms with Crippen molar-refractivity contribution in [1.29, 1.82) is 0 Å². The summed E-state index contributed by atoms with van der Waals surface area (Å²) in [6, 6.07) is 2.24. The Morgan fingerprint density at radius 1 is 1.19 bits per heavy atom. The minimum Gasteiger partial charge on any atom is -0.329 e. The van der Waals surface area contributed by atoms with Gasteiger partial charge in [0.25, 0.3) is 0 Å². The molecule has 2 aliphatic rings. The third kappa shape index (κ3) is 3.24. The molecule has 1 spiro atoms. The Kier molecular flexibility index (Phi) is 4.80. The molecule has 2 nitrogen and oxygen atoms in total. The zero-order chi connectivity index (χ0) is 14.9. The van der Waals surface area contributed by atoms with Crippen LogP contribution in [0.2, 0.25) is 0 Å². The molecule has 0 saturated heterocycles. The third-order valence-electron chi connectivity index (χ3n) is 6.14. The van der Waals surface area contributed by atoms with Gasteiger partial charge in [0.05, 0.1) is 3.79 Å². The first kappa shape index (κ1) is 16.0. The normalized spacial score (nSPS) is 24.0. The van der Waals surface area contributed by atoms with Crippen LogP contribution in [0, 0.1) is 5.41 Å². The molecule has 0 amide bonds. The zero-order valence-electron chi connectivity index (χ0n) is 13.0. The first-order valence-electron chi connectivity index (χ1n) is 8.22. The van der Waals surface area contributed by atoms with E-state index in [1.807, 2.05) is 0 Å². The maximum atomic E-state index is 6.24. The predicted molar refractivity (Wildman–Crippen MR) is 94.6 cm³/mol. The average molecular weight is 371 g/mol. The van der Waals surface area contributed by atoms with Crippen molar-refractivity contribution in [2.45, 2.75) is 63.5 Å². The molecule has 0 atom stereocenters. The summed E-state index contributed by atoms with van der Waals surface area (Å²) >= 11 is 5.34. The molecule has 3 rings (SSSR count). The van der Waals surface area contributed by atoms with Crippen LogP contribution < -0.4 is 5.73 Å². The predicted octanol–water partition coefficient (Wildman–Crippen LogP) is 4.77. The van der Waals surface area contributed by atoms with Gasteiger partial charge in [0, 0.05) is 18.6 Å². The van der Waals surface area contributed by atoms with Crippen molar-refractivity contribution in [3.05, 3.63) is 20.8 Å². The van der Waals surface area contributed by atoms with Crippen LogP contribution in [0.3, 0.4) is 0 Å². The number of likely N-dealkylation sites (N-methyl/N-ethyl adjacent to an activating group) is 1. The van der Waals surface area contributed by atoms with Gasteiger partial charge < -0.3 is 5.73 Å². The molecule has 0 bridgehead atoms. The molecule has 1 aromatic heterocycles. The molecule has 0 aliphatic heterocycles. The average Bonchev–Trinajstić information content (AvgIpc) is 3.10. The molecule has 0 radical (unpaired) electrons. The van der Waals surface area contributed by atoms with Gasteiger partial charge in [0.1, 0.15) is 0 Å². The van der Waals surface area contributed by atoms with Crippen molar-refractivity contribution in [2.24, 2.45) is 11.1 Å². The summed E-state index contributed by atoms with van der Waals surface area (Å²) in [5.74, 6) is 0. The van der Waals surface area contributed by atoms with Gasteiger partial charge in [-0.3, -0.25) is 4.90 Å². The first-order valence-corrected chi connectivity index (χ1v) is 9.89. The molecule has 0 unspecified atom stereocenters. The lowest BCUT2D eigenvalue weighted by atomic mass is 9.66. The fourth-order valence-corrected chi connectivity index (χ4v) is 5.68. The SMILES string of the molecule is CN(Cc1csc(Br)c1)C1(CN)CCC2(CCCC2)CC1. The van der Waals surface area contributed by atoms with Crippen LogP contribution in [-0.4, -0.2) is 24.0 Å².